The van der Waals surface area contributed by atoms with E-state index in [4.69, 9.17) is 18.5 Å². The molecule has 9 heteroatoms. The van der Waals surface area contributed by atoms with E-state index < -0.39 is 13.9 Å². The third-order valence-corrected chi connectivity index (χ3v) is 13.8. The summed E-state index contributed by atoms with van der Waals surface area (Å²) in [6.07, 6.45) is 70.0. The van der Waals surface area contributed by atoms with E-state index in [9.17, 15) is 14.3 Å². The Kier molecular flexibility index (Phi) is 52.1. The number of hydrogen-bond donors (Lipinski definition) is 1. The van der Waals surface area contributed by atoms with Crippen LogP contribution in [0.2, 0.25) is 0 Å². The van der Waals surface area contributed by atoms with Gasteiger partial charge < -0.3 is 18.9 Å². The summed E-state index contributed by atoms with van der Waals surface area (Å²) in [4.78, 5) is 23.1. The number of hydrogen-bond acceptors (Lipinski definition) is 6. The summed E-state index contributed by atoms with van der Waals surface area (Å²) >= 11 is 0. The molecular weight excluding hydrogens is 890 g/mol. The fourth-order valence-corrected chi connectivity index (χ4v) is 9.09. The first kappa shape index (κ1) is 68.2. The number of quaternary nitrogens is 1. The smallest absolute Gasteiger partial charge is 0.457 e. The zero-order chi connectivity index (χ0) is 51.2. The zero-order valence-corrected chi connectivity index (χ0v) is 47.6. The van der Waals surface area contributed by atoms with E-state index in [1.165, 1.54) is 173 Å². The second-order valence-corrected chi connectivity index (χ2v) is 22.5. The minimum Gasteiger partial charge on any atom is -0.457 e. The van der Waals surface area contributed by atoms with Gasteiger partial charge in [0.2, 0.25) is 0 Å². The van der Waals surface area contributed by atoms with Gasteiger partial charge in [-0.05, 0) is 57.8 Å². The standard InChI is InChI=1S/C61H114NO7P/c1-6-8-10-12-14-16-18-20-22-24-26-28-30-31-32-34-36-38-40-42-44-46-48-50-52-54-61(63)69-60(59-68-70(64,65)67-57-55-62(3,4)5)58-66-56-53-51-49-47-45-43-41-39-37-35-33-29-27-25-23-21-19-17-15-13-11-9-7-2/h8,10,14,16,20,22,26,28,31-32,60H,6-7,9,11-13,15,17-19,21,23-25,27,29-30,33-59H2,1-5H3/p+1/b10-8-,16-14-,22-20-,28-26-,32-31-. The number of ether oxygens (including phenoxy) is 2. The molecule has 0 spiro atoms. The van der Waals surface area contributed by atoms with Crippen LogP contribution in [0, 0.1) is 0 Å². The Labute approximate surface area is 434 Å². The first-order chi connectivity index (χ1) is 34.1. The van der Waals surface area contributed by atoms with E-state index >= 15 is 0 Å². The Bertz CT molecular complexity index is 1300. The minimum absolute atomic E-state index is 0.0869. The van der Waals surface area contributed by atoms with Crippen molar-refractivity contribution in [2.75, 3.05) is 54.1 Å². The van der Waals surface area contributed by atoms with Crippen LogP contribution in [-0.4, -0.2) is 75.6 Å². The minimum atomic E-state index is -4.29. The van der Waals surface area contributed by atoms with E-state index in [2.05, 4.69) is 74.6 Å². The third-order valence-electron chi connectivity index (χ3n) is 12.8. The van der Waals surface area contributed by atoms with Gasteiger partial charge in [-0.1, -0.05) is 261 Å². The number of likely N-dealkylation sites (N-methyl/N-ethyl adjacent to an activating group) is 1. The zero-order valence-electron chi connectivity index (χ0n) is 46.8. The number of phosphoric acid groups is 1. The number of carbonyl (C=O) groups is 1. The molecule has 0 amide bonds. The summed E-state index contributed by atoms with van der Waals surface area (Å²) in [7, 11) is 1.67. The Morgan fingerprint density at radius 2 is 0.829 bits per heavy atom. The molecule has 0 fully saturated rings. The van der Waals surface area contributed by atoms with Crippen molar-refractivity contribution < 1.29 is 37.3 Å². The van der Waals surface area contributed by atoms with Crippen molar-refractivity contribution in [3.63, 3.8) is 0 Å². The van der Waals surface area contributed by atoms with Crippen molar-refractivity contribution in [3.8, 4) is 0 Å². The highest BCUT2D eigenvalue weighted by Crippen LogP contribution is 2.43. The van der Waals surface area contributed by atoms with Gasteiger partial charge >= 0.3 is 13.8 Å². The quantitative estimate of drug-likeness (QED) is 0.0213. The van der Waals surface area contributed by atoms with E-state index in [-0.39, 0.29) is 25.8 Å². The van der Waals surface area contributed by atoms with Crippen molar-refractivity contribution in [3.05, 3.63) is 60.8 Å². The van der Waals surface area contributed by atoms with Crippen LogP contribution in [0.4, 0.5) is 0 Å². The summed E-state index contributed by atoms with van der Waals surface area (Å²) in [6, 6.07) is 0. The van der Waals surface area contributed by atoms with Crippen LogP contribution in [0.1, 0.15) is 264 Å². The van der Waals surface area contributed by atoms with Crippen molar-refractivity contribution in [2.24, 2.45) is 0 Å². The lowest BCUT2D eigenvalue weighted by Gasteiger charge is -2.24. The molecule has 0 aliphatic heterocycles. The fraction of sp³-hybridized carbons (Fsp3) is 0.820. The van der Waals surface area contributed by atoms with Gasteiger partial charge in [0.25, 0.3) is 0 Å². The number of esters is 1. The Balaban J connectivity index is 4.07. The molecule has 0 aromatic heterocycles. The Hall–Kier alpha value is -1.80. The predicted octanol–water partition coefficient (Wildman–Crippen LogP) is 18.8. The molecule has 0 bridgehead atoms. The molecule has 0 aromatic rings. The van der Waals surface area contributed by atoms with Crippen LogP contribution in [0.3, 0.4) is 0 Å². The molecule has 410 valence electrons. The highest BCUT2D eigenvalue weighted by Gasteiger charge is 2.26. The van der Waals surface area contributed by atoms with E-state index in [1.807, 2.05) is 21.1 Å². The van der Waals surface area contributed by atoms with E-state index in [0.29, 0.717) is 24.1 Å². The number of rotatable bonds is 55. The molecule has 0 aromatic carbocycles. The molecule has 1 N–H and O–H groups in total. The molecular formula is C61H115NO7P+. The monoisotopic (exact) mass is 1000 g/mol. The van der Waals surface area contributed by atoms with E-state index in [1.54, 1.807) is 0 Å². The molecule has 0 heterocycles. The van der Waals surface area contributed by atoms with Gasteiger partial charge in [0.15, 0.2) is 0 Å². The van der Waals surface area contributed by atoms with Gasteiger partial charge in [0.1, 0.15) is 19.3 Å². The average molecular weight is 1010 g/mol. The van der Waals surface area contributed by atoms with Gasteiger partial charge in [-0.2, -0.15) is 0 Å². The van der Waals surface area contributed by atoms with Crippen LogP contribution >= 0.6 is 7.82 Å². The SMILES string of the molecule is CC/C=C\C/C=C\C/C=C\C/C=C\C/C=C\CCCCCCCCCCCC(=O)OC(COCCCCCCCCCCCCCCCCCCCCCCCCC)COP(=O)(O)OCC[N+](C)(C)C. The maximum atomic E-state index is 12.8. The predicted molar refractivity (Wildman–Crippen MR) is 302 cm³/mol. The van der Waals surface area contributed by atoms with Crippen molar-refractivity contribution >= 4 is 13.8 Å². The molecule has 0 rings (SSSR count). The first-order valence-electron chi connectivity index (χ1n) is 29.5. The molecule has 0 saturated carbocycles. The second kappa shape index (κ2) is 53.5. The number of unbranched alkanes of at least 4 members (excludes halogenated alkanes) is 31. The summed E-state index contributed by atoms with van der Waals surface area (Å²) in [5.41, 5.74) is 0. The van der Waals surface area contributed by atoms with Crippen molar-refractivity contribution in [2.45, 2.75) is 270 Å². The fourth-order valence-electron chi connectivity index (χ4n) is 8.35. The van der Waals surface area contributed by atoms with Gasteiger partial charge in [-0.3, -0.25) is 13.8 Å². The summed E-state index contributed by atoms with van der Waals surface area (Å²) in [5, 5.41) is 0. The molecule has 0 aliphatic carbocycles. The average Bonchev–Trinajstić information content (AvgIpc) is 3.32. The normalized spacial score (nSPS) is 13.9. The molecule has 8 nitrogen and oxygen atoms in total. The number of carbonyl (C=O) groups excluding carboxylic acids is 1. The van der Waals surface area contributed by atoms with Crippen LogP contribution in [0.25, 0.3) is 0 Å². The number of phosphoric ester groups is 1. The third kappa shape index (κ3) is 57.1. The molecule has 0 aliphatic rings. The lowest BCUT2D eigenvalue weighted by Crippen LogP contribution is -2.37. The Morgan fingerprint density at radius 3 is 1.24 bits per heavy atom. The molecule has 0 saturated heterocycles. The van der Waals surface area contributed by atoms with Gasteiger partial charge in [-0.25, -0.2) is 4.57 Å². The Morgan fingerprint density at radius 1 is 0.457 bits per heavy atom. The molecule has 2 atom stereocenters. The van der Waals surface area contributed by atoms with E-state index in [0.717, 1.165) is 70.6 Å². The molecule has 70 heavy (non-hydrogen) atoms. The van der Waals surface area contributed by atoms with Crippen molar-refractivity contribution in [1.29, 1.82) is 0 Å². The largest absolute Gasteiger partial charge is 0.472 e. The summed E-state index contributed by atoms with van der Waals surface area (Å²) < 4.78 is 35.3. The van der Waals surface area contributed by atoms with Gasteiger partial charge in [0.05, 0.1) is 34.4 Å². The van der Waals surface area contributed by atoms with Gasteiger partial charge in [0, 0.05) is 13.0 Å². The highest BCUT2D eigenvalue weighted by atomic mass is 31.2. The second-order valence-electron chi connectivity index (χ2n) is 21.0. The maximum Gasteiger partial charge on any atom is 0.472 e. The highest BCUT2D eigenvalue weighted by molar-refractivity contribution is 7.47. The topological polar surface area (TPSA) is 91.3 Å². The lowest BCUT2D eigenvalue weighted by molar-refractivity contribution is -0.870. The lowest BCUT2D eigenvalue weighted by atomic mass is 10.0. The van der Waals surface area contributed by atoms with Crippen molar-refractivity contribution in [1.82, 2.24) is 0 Å². The van der Waals surface area contributed by atoms with Crippen LogP contribution in [0.5, 0.6) is 0 Å². The first-order valence-corrected chi connectivity index (χ1v) is 31.0. The summed E-state index contributed by atoms with van der Waals surface area (Å²) in [6.45, 7) is 5.55. The van der Waals surface area contributed by atoms with Crippen LogP contribution in [-0.2, 0) is 27.9 Å². The maximum absolute atomic E-state index is 12.8. The summed E-state index contributed by atoms with van der Waals surface area (Å²) in [5.74, 6) is -0.317. The number of nitrogens with zero attached hydrogens (tertiary/aromatic N) is 1. The van der Waals surface area contributed by atoms with Gasteiger partial charge in [-0.15, -0.1) is 0 Å². The molecule has 0 radical (unpaired) electrons. The molecule has 2 unspecified atom stereocenters. The van der Waals surface area contributed by atoms with Crippen LogP contribution < -0.4 is 0 Å². The van der Waals surface area contributed by atoms with Crippen LogP contribution in [0.15, 0.2) is 60.8 Å². The number of allylic oxidation sites excluding steroid dienone is 10.